The highest BCUT2D eigenvalue weighted by Gasteiger charge is 2.26. The number of benzene rings is 2. The number of para-hydroxylation sites is 1. The van der Waals surface area contributed by atoms with Crippen molar-refractivity contribution >= 4 is 11.6 Å². The fourth-order valence-electron chi connectivity index (χ4n) is 2.85. The van der Waals surface area contributed by atoms with Crippen LogP contribution < -0.4 is 9.64 Å². The van der Waals surface area contributed by atoms with E-state index in [1.54, 1.807) is 19.1 Å². The van der Waals surface area contributed by atoms with Crippen molar-refractivity contribution in [2.75, 3.05) is 31.1 Å². The molecule has 24 heavy (non-hydrogen) atoms. The van der Waals surface area contributed by atoms with Crippen molar-refractivity contribution in [2.24, 2.45) is 0 Å². The van der Waals surface area contributed by atoms with Gasteiger partial charge >= 0.3 is 0 Å². The third kappa shape index (κ3) is 3.85. The van der Waals surface area contributed by atoms with Crippen molar-refractivity contribution in [1.29, 1.82) is 0 Å². The molecular weight excluding hydrogens is 307 g/mol. The van der Waals surface area contributed by atoms with Crippen molar-refractivity contribution < 1.29 is 13.9 Å². The molecular formula is C19H21FN2O2. The molecule has 1 amide bonds. The van der Waals surface area contributed by atoms with Gasteiger partial charge in [0, 0.05) is 31.9 Å². The highest BCUT2D eigenvalue weighted by Crippen LogP contribution is 2.18. The molecule has 1 aliphatic heterocycles. The molecule has 0 radical (unpaired) electrons. The maximum atomic E-state index is 13.0. The van der Waals surface area contributed by atoms with Gasteiger partial charge in [-0.3, -0.25) is 4.79 Å². The van der Waals surface area contributed by atoms with Crippen LogP contribution in [0.3, 0.4) is 0 Å². The summed E-state index contributed by atoms with van der Waals surface area (Å²) in [5.74, 6) is 0.459. The standard InChI is InChI=1S/C19H21FN2O2/c1-15(24-18-5-3-2-4-6-18)19(23)22-13-11-21(12-14-22)17-9-7-16(20)8-10-17/h2-10,15H,11-14H2,1H3/t15-/m1/s1. The van der Waals surface area contributed by atoms with Gasteiger partial charge in [-0.2, -0.15) is 0 Å². The number of hydrogen-bond donors (Lipinski definition) is 0. The van der Waals surface area contributed by atoms with Crippen LogP contribution in [0.1, 0.15) is 6.92 Å². The first-order chi connectivity index (χ1) is 11.6. The van der Waals surface area contributed by atoms with E-state index in [2.05, 4.69) is 4.90 Å². The van der Waals surface area contributed by atoms with Gasteiger partial charge < -0.3 is 14.5 Å². The zero-order valence-electron chi connectivity index (χ0n) is 13.7. The minimum absolute atomic E-state index is 0.00221. The molecule has 1 saturated heterocycles. The first-order valence-electron chi connectivity index (χ1n) is 8.14. The summed E-state index contributed by atoms with van der Waals surface area (Å²) in [7, 11) is 0. The molecule has 0 bridgehead atoms. The zero-order valence-corrected chi connectivity index (χ0v) is 13.7. The average Bonchev–Trinajstić information content (AvgIpc) is 2.63. The van der Waals surface area contributed by atoms with Gasteiger partial charge in [-0.15, -0.1) is 0 Å². The second-order valence-corrected chi connectivity index (χ2v) is 5.86. The zero-order chi connectivity index (χ0) is 16.9. The van der Waals surface area contributed by atoms with E-state index in [1.807, 2.05) is 35.2 Å². The van der Waals surface area contributed by atoms with Gasteiger partial charge in [-0.25, -0.2) is 4.39 Å². The normalized spacial score (nSPS) is 15.9. The van der Waals surface area contributed by atoms with Crippen molar-refractivity contribution in [3.05, 3.63) is 60.4 Å². The molecule has 5 heteroatoms. The molecule has 126 valence electrons. The summed E-state index contributed by atoms with van der Waals surface area (Å²) in [5, 5.41) is 0. The molecule has 0 N–H and O–H groups in total. The number of nitrogens with zero attached hydrogens (tertiary/aromatic N) is 2. The first-order valence-corrected chi connectivity index (χ1v) is 8.14. The Hall–Kier alpha value is -2.56. The van der Waals surface area contributed by atoms with Crippen LogP contribution in [0, 0.1) is 5.82 Å². The number of rotatable bonds is 4. The largest absolute Gasteiger partial charge is 0.481 e. The summed E-state index contributed by atoms with van der Waals surface area (Å²) in [5.41, 5.74) is 0.983. The third-order valence-corrected chi connectivity index (χ3v) is 4.19. The van der Waals surface area contributed by atoms with E-state index in [1.165, 1.54) is 12.1 Å². The molecule has 1 aliphatic rings. The summed E-state index contributed by atoms with van der Waals surface area (Å²) in [6, 6.07) is 15.8. The summed E-state index contributed by atoms with van der Waals surface area (Å²) in [6.45, 7) is 4.52. The van der Waals surface area contributed by atoms with E-state index >= 15 is 0 Å². The van der Waals surface area contributed by atoms with E-state index in [0.717, 1.165) is 18.8 Å². The summed E-state index contributed by atoms with van der Waals surface area (Å²) in [4.78, 5) is 16.5. The molecule has 2 aromatic carbocycles. The third-order valence-electron chi connectivity index (χ3n) is 4.19. The van der Waals surface area contributed by atoms with Crippen molar-refractivity contribution in [3.63, 3.8) is 0 Å². The number of halogens is 1. The Bertz CT molecular complexity index is 668. The second kappa shape index (κ2) is 7.34. The summed E-state index contributed by atoms with van der Waals surface area (Å²) >= 11 is 0. The number of ether oxygens (including phenoxy) is 1. The molecule has 1 heterocycles. The molecule has 1 atom stereocenters. The van der Waals surface area contributed by atoms with E-state index in [0.29, 0.717) is 18.8 Å². The topological polar surface area (TPSA) is 32.8 Å². The van der Waals surface area contributed by atoms with E-state index < -0.39 is 6.10 Å². The lowest BCUT2D eigenvalue weighted by molar-refractivity contribution is -0.138. The number of amides is 1. The van der Waals surface area contributed by atoms with E-state index in [-0.39, 0.29) is 11.7 Å². The molecule has 4 nitrogen and oxygen atoms in total. The fraction of sp³-hybridized carbons (Fsp3) is 0.316. The maximum absolute atomic E-state index is 13.0. The number of carbonyl (C=O) groups excluding carboxylic acids is 1. The minimum Gasteiger partial charge on any atom is -0.481 e. The monoisotopic (exact) mass is 328 g/mol. The minimum atomic E-state index is -0.509. The Morgan fingerprint density at radius 1 is 1.00 bits per heavy atom. The highest BCUT2D eigenvalue weighted by atomic mass is 19.1. The number of hydrogen-bond acceptors (Lipinski definition) is 3. The second-order valence-electron chi connectivity index (χ2n) is 5.86. The predicted octanol–water partition coefficient (Wildman–Crippen LogP) is 2.94. The summed E-state index contributed by atoms with van der Waals surface area (Å²) in [6.07, 6.45) is -0.509. The molecule has 0 saturated carbocycles. The average molecular weight is 328 g/mol. The number of piperazine rings is 1. The van der Waals surface area contributed by atoms with Crippen molar-refractivity contribution in [2.45, 2.75) is 13.0 Å². The summed E-state index contributed by atoms with van der Waals surface area (Å²) < 4.78 is 18.7. The van der Waals surface area contributed by atoms with Crippen LogP contribution in [0.15, 0.2) is 54.6 Å². The highest BCUT2D eigenvalue weighted by molar-refractivity contribution is 5.81. The van der Waals surface area contributed by atoms with Gasteiger partial charge in [-0.1, -0.05) is 18.2 Å². The lowest BCUT2D eigenvalue weighted by atomic mass is 10.2. The molecule has 1 fully saturated rings. The Labute approximate surface area is 141 Å². The van der Waals surface area contributed by atoms with Gasteiger partial charge in [0.1, 0.15) is 11.6 Å². The molecule has 2 aromatic rings. The van der Waals surface area contributed by atoms with E-state index in [9.17, 15) is 9.18 Å². The van der Waals surface area contributed by atoms with Crippen LogP contribution in [0.5, 0.6) is 5.75 Å². The smallest absolute Gasteiger partial charge is 0.263 e. The Balaban J connectivity index is 1.54. The Kier molecular flexibility index (Phi) is 4.99. The van der Waals surface area contributed by atoms with Crippen molar-refractivity contribution in [3.8, 4) is 5.75 Å². The fourth-order valence-corrected chi connectivity index (χ4v) is 2.85. The SMILES string of the molecule is C[C@@H](Oc1ccccc1)C(=O)N1CCN(c2ccc(F)cc2)CC1. The molecule has 0 unspecified atom stereocenters. The Morgan fingerprint density at radius 2 is 1.62 bits per heavy atom. The van der Waals surface area contributed by atoms with Crippen LogP contribution >= 0.6 is 0 Å². The molecule has 0 spiro atoms. The van der Waals surface area contributed by atoms with Crippen LogP contribution in [0.25, 0.3) is 0 Å². The van der Waals surface area contributed by atoms with E-state index in [4.69, 9.17) is 4.74 Å². The quantitative estimate of drug-likeness (QED) is 0.865. The Morgan fingerprint density at radius 3 is 2.25 bits per heavy atom. The lowest BCUT2D eigenvalue weighted by Crippen LogP contribution is -2.52. The van der Waals surface area contributed by atoms with Crippen LogP contribution in [0.4, 0.5) is 10.1 Å². The van der Waals surface area contributed by atoms with Crippen LogP contribution in [-0.2, 0) is 4.79 Å². The number of anilines is 1. The van der Waals surface area contributed by atoms with Gasteiger partial charge in [0.05, 0.1) is 0 Å². The lowest BCUT2D eigenvalue weighted by Gasteiger charge is -2.37. The predicted molar refractivity (Wildman–Crippen MR) is 91.7 cm³/mol. The van der Waals surface area contributed by atoms with Gasteiger partial charge in [0.2, 0.25) is 0 Å². The van der Waals surface area contributed by atoms with Crippen LogP contribution in [0.2, 0.25) is 0 Å². The number of carbonyl (C=O) groups is 1. The van der Waals surface area contributed by atoms with Crippen molar-refractivity contribution in [1.82, 2.24) is 4.90 Å². The van der Waals surface area contributed by atoms with Gasteiger partial charge in [0.15, 0.2) is 6.10 Å². The van der Waals surface area contributed by atoms with Gasteiger partial charge in [-0.05, 0) is 43.3 Å². The molecule has 3 rings (SSSR count). The maximum Gasteiger partial charge on any atom is 0.263 e. The first kappa shape index (κ1) is 16.3. The molecule has 0 aliphatic carbocycles. The van der Waals surface area contributed by atoms with Crippen LogP contribution in [-0.4, -0.2) is 43.1 Å². The van der Waals surface area contributed by atoms with Gasteiger partial charge in [0.25, 0.3) is 5.91 Å². The molecule has 0 aromatic heterocycles.